The third-order valence-electron chi connectivity index (χ3n) is 2.58. The molecule has 17 heavy (non-hydrogen) atoms. The molecule has 3 heteroatoms. The van der Waals surface area contributed by atoms with Crippen molar-refractivity contribution in [2.75, 3.05) is 6.61 Å². The van der Waals surface area contributed by atoms with Crippen molar-refractivity contribution < 1.29 is 4.74 Å². The van der Waals surface area contributed by atoms with Crippen LogP contribution in [0.1, 0.15) is 39.2 Å². The summed E-state index contributed by atoms with van der Waals surface area (Å²) in [5.74, 6) is 1.10. The van der Waals surface area contributed by atoms with Gasteiger partial charge in [0, 0.05) is 6.42 Å². The van der Waals surface area contributed by atoms with Crippen molar-refractivity contribution in [2.45, 2.75) is 39.0 Å². The second-order valence-electron chi connectivity index (χ2n) is 5.25. The van der Waals surface area contributed by atoms with Gasteiger partial charge in [-0.05, 0) is 29.5 Å². The van der Waals surface area contributed by atoms with Gasteiger partial charge in [-0.2, -0.15) is 0 Å². The molecule has 0 atom stereocenters. The summed E-state index contributed by atoms with van der Waals surface area (Å²) in [6, 6.07) is 8.18. The normalized spacial score (nSPS) is 11.2. The van der Waals surface area contributed by atoms with E-state index in [1.54, 1.807) is 0 Å². The Kier molecular flexibility index (Phi) is 4.55. The van der Waals surface area contributed by atoms with E-state index in [0.29, 0.717) is 13.0 Å². The van der Waals surface area contributed by atoms with E-state index in [1.807, 2.05) is 12.1 Å². The number of benzene rings is 1. The molecule has 0 spiro atoms. The van der Waals surface area contributed by atoms with Crippen molar-refractivity contribution in [2.24, 2.45) is 5.73 Å². The van der Waals surface area contributed by atoms with E-state index in [4.69, 9.17) is 15.9 Å². The molecular weight excluding hydrogens is 212 g/mol. The lowest BCUT2D eigenvalue weighted by Crippen LogP contribution is -2.11. The quantitative estimate of drug-likeness (QED) is 0.467. The summed E-state index contributed by atoms with van der Waals surface area (Å²) in [7, 11) is 0. The Morgan fingerprint density at radius 3 is 2.29 bits per heavy atom. The minimum absolute atomic E-state index is 0.174. The van der Waals surface area contributed by atoms with Gasteiger partial charge in [0.05, 0.1) is 12.4 Å². The maximum absolute atomic E-state index is 7.10. The first kappa shape index (κ1) is 13.6. The van der Waals surface area contributed by atoms with Crippen LogP contribution in [0.15, 0.2) is 24.3 Å². The predicted octanol–water partition coefficient (Wildman–Crippen LogP) is 3.08. The van der Waals surface area contributed by atoms with Crippen LogP contribution < -0.4 is 10.5 Å². The molecule has 0 aliphatic carbocycles. The fraction of sp³-hybridized carbons (Fsp3) is 0.500. The average Bonchev–Trinajstić information content (AvgIpc) is 2.23. The monoisotopic (exact) mass is 234 g/mol. The van der Waals surface area contributed by atoms with E-state index >= 15 is 0 Å². The molecule has 0 aliphatic heterocycles. The number of hydrogen-bond donors (Lipinski definition) is 2. The van der Waals surface area contributed by atoms with Gasteiger partial charge >= 0.3 is 0 Å². The van der Waals surface area contributed by atoms with Gasteiger partial charge in [-0.15, -0.1) is 0 Å². The molecule has 94 valence electrons. The Hall–Kier alpha value is -1.51. The highest BCUT2D eigenvalue weighted by Gasteiger charge is 2.12. The summed E-state index contributed by atoms with van der Waals surface area (Å²) in [4.78, 5) is 0. The summed E-state index contributed by atoms with van der Waals surface area (Å²) in [6.07, 6.45) is 1.39. The summed E-state index contributed by atoms with van der Waals surface area (Å²) in [6.45, 7) is 7.18. The van der Waals surface area contributed by atoms with Gasteiger partial charge in [0.15, 0.2) is 0 Å². The van der Waals surface area contributed by atoms with E-state index in [9.17, 15) is 0 Å². The number of nitrogens with two attached hydrogens (primary N) is 1. The van der Waals surface area contributed by atoms with E-state index in [1.165, 1.54) is 5.56 Å². The fourth-order valence-electron chi connectivity index (χ4n) is 1.50. The molecule has 3 N–H and O–H groups in total. The van der Waals surface area contributed by atoms with Crippen LogP contribution in [0.5, 0.6) is 5.75 Å². The topological polar surface area (TPSA) is 59.1 Å². The van der Waals surface area contributed by atoms with E-state index < -0.39 is 0 Å². The third kappa shape index (κ3) is 4.89. The maximum atomic E-state index is 7.10. The molecule has 0 aliphatic rings. The molecule has 0 saturated carbocycles. The average molecular weight is 234 g/mol. The van der Waals surface area contributed by atoms with Gasteiger partial charge in [0.25, 0.3) is 0 Å². The highest BCUT2D eigenvalue weighted by molar-refractivity contribution is 5.76. The van der Waals surface area contributed by atoms with Crippen LogP contribution in [-0.4, -0.2) is 12.4 Å². The van der Waals surface area contributed by atoms with Crippen LogP contribution in [0.3, 0.4) is 0 Å². The number of rotatable bonds is 5. The first-order valence-electron chi connectivity index (χ1n) is 5.96. The predicted molar refractivity (Wildman–Crippen MR) is 71.8 cm³/mol. The molecule has 0 saturated heterocycles. The van der Waals surface area contributed by atoms with Crippen molar-refractivity contribution in [3.8, 4) is 5.75 Å². The molecule has 0 fully saturated rings. The number of nitrogens with one attached hydrogen (secondary N) is 1. The van der Waals surface area contributed by atoms with E-state index in [0.717, 1.165) is 12.2 Å². The second kappa shape index (κ2) is 5.71. The van der Waals surface area contributed by atoms with Gasteiger partial charge in [0.2, 0.25) is 0 Å². The summed E-state index contributed by atoms with van der Waals surface area (Å²) in [5, 5.41) is 7.10. The molecule has 1 rings (SSSR count). The first-order chi connectivity index (χ1) is 7.89. The summed E-state index contributed by atoms with van der Waals surface area (Å²) in [5.41, 5.74) is 6.74. The Morgan fingerprint density at radius 2 is 1.82 bits per heavy atom. The molecule has 0 unspecified atom stereocenters. The molecule has 1 aromatic carbocycles. The maximum Gasteiger partial charge on any atom is 0.119 e. The van der Waals surface area contributed by atoms with Gasteiger partial charge in [0.1, 0.15) is 5.75 Å². The van der Waals surface area contributed by atoms with Crippen LogP contribution in [0, 0.1) is 5.41 Å². The highest BCUT2D eigenvalue weighted by Crippen LogP contribution is 2.24. The van der Waals surface area contributed by atoms with E-state index in [-0.39, 0.29) is 11.3 Å². The van der Waals surface area contributed by atoms with Gasteiger partial charge in [-0.1, -0.05) is 32.9 Å². The SMILES string of the molecule is CC(C)(C)c1ccc(OCCCC(=N)N)cc1. The minimum Gasteiger partial charge on any atom is -0.494 e. The van der Waals surface area contributed by atoms with Crippen LogP contribution in [0.2, 0.25) is 0 Å². The number of amidine groups is 1. The molecule has 0 amide bonds. The molecular formula is C14H22N2O. The Labute approximate surface area is 103 Å². The third-order valence-corrected chi connectivity index (χ3v) is 2.58. The van der Waals surface area contributed by atoms with Crippen LogP contribution >= 0.6 is 0 Å². The van der Waals surface area contributed by atoms with Crippen molar-refractivity contribution in [3.05, 3.63) is 29.8 Å². The number of ether oxygens (including phenoxy) is 1. The van der Waals surface area contributed by atoms with Gasteiger partial charge < -0.3 is 10.5 Å². The van der Waals surface area contributed by atoms with Crippen molar-refractivity contribution in [1.29, 1.82) is 5.41 Å². The van der Waals surface area contributed by atoms with Crippen molar-refractivity contribution in [1.82, 2.24) is 0 Å². The molecule has 0 radical (unpaired) electrons. The lowest BCUT2D eigenvalue weighted by atomic mass is 9.87. The summed E-state index contributed by atoms with van der Waals surface area (Å²) < 4.78 is 5.57. The zero-order chi connectivity index (χ0) is 12.9. The zero-order valence-electron chi connectivity index (χ0n) is 10.9. The van der Waals surface area contributed by atoms with Crippen molar-refractivity contribution in [3.63, 3.8) is 0 Å². The number of hydrogen-bond acceptors (Lipinski definition) is 2. The smallest absolute Gasteiger partial charge is 0.119 e. The van der Waals surface area contributed by atoms with E-state index in [2.05, 4.69) is 32.9 Å². The molecule has 1 aromatic rings. The Bertz CT molecular complexity index is 363. The van der Waals surface area contributed by atoms with Gasteiger partial charge in [-0.3, -0.25) is 5.41 Å². The van der Waals surface area contributed by atoms with Crippen LogP contribution in [-0.2, 0) is 5.41 Å². The van der Waals surface area contributed by atoms with Crippen molar-refractivity contribution >= 4 is 5.84 Å². The molecule has 0 heterocycles. The lowest BCUT2D eigenvalue weighted by molar-refractivity contribution is 0.313. The van der Waals surface area contributed by atoms with Crippen LogP contribution in [0.25, 0.3) is 0 Å². The summed E-state index contributed by atoms with van der Waals surface area (Å²) >= 11 is 0. The minimum atomic E-state index is 0.174. The Morgan fingerprint density at radius 1 is 1.24 bits per heavy atom. The molecule has 0 aromatic heterocycles. The van der Waals surface area contributed by atoms with Crippen LogP contribution in [0.4, 0.5) is 0 Å². The lowest BCUT2D eigenvalue weighted by Gasteiger charge is -2.19. The molecule has 0 bridgehead atoms. The standard InChI is InChI=1S/C14H22N2O/c1-14(2,3)11-6-8-12(9-7-11)17-10-4-5-13(15)16/h6-9H,4-5,10H2,1-3H3,(H3,15,16). The largest absolute Gasteiger partial charge is 0.494 e. The Balaban J connectivity index is 2.43. The highest BCUT2D eigenvalue weighted by atomic mass is 16.5. The fourth-order valence-corrected chi connectivity index (χ4v) is 1.50. The first-order valence-corrected chi connectivity index (χ1v) is 5.96. The van der Waals surface area contributed by atoms with Gasteiger partial charge in [-0.25, -0.2) is 0 Å². The second-order valence-corrected chi connectivity index (χ2v) is 5.25. The molecule has 3 nitrogen and oxygen atoms in total. The zero-order valence-corrected chi connectivity index (χ0v) is 10.9.